The quantitative estimate of drug-likeness (QED) is 0.0730. The molecule has 0 unspecified atom stereocenters. The van der Waals surface area contributed by atoms with Crippen molar-refractivity contribution in [1.82, 2.24) is 0 Å². The number of ether oxygens (including phenoxy) is 5. The van der Waals surface area contributed by atoms with Crippen molar-refractivity contribution in [2.75, 3.05) is 39.6 Å². The molecule has 0 radical (unpaired) electrons. The normalized spacial score (nSPS) is 11.2. The maximum Gasteiger partial charge on any atom is 0.313 e. The number of halogens is 10. The number of benzene rings is 2. The second-order valence-corrected chi connectivity index (χ2v) is 7.44. The van der Waals surface area contributed by atoms with Crippen molar-refractivity contribution in [3.63, 3.8) is 0 Å². The van der Waals surface area contributed by atoms with E-state index in [2.05, 4.69) is 9.47 Å². The van der Waals surface area contributed by atoms with Gasteiger partial charge in [-0.05, 0) is 6.42 Å². The predicted molar refractivity (Wildman–Crippen MR) is 110 cm³/mol. The van der Waals surface area contributed by atoms with Crippen LogP contribution in [0, 0.1) is 58.2 Å². The van der Waals surface area contributed by atoms with Crippen LogP contribution in [0.25, 0.3) is 0 Å². The Morgan fingerprint density at radius 2 is 0.700 bits per heavy atom. The summed E-state index contributed by atoms with van der Waals surface area (Å²) in [5.41, 5.74) is 0. The van der Waals surface area contributed by atoms with Crippen molar-refractivity contribution in [2.45, 2.75) is 19.3 Å². The van der Waals surface area contributed by atoms with Gasteiger partial charge >= 0.3 is 11.9 Å². The zero-order chi connectivity index (χ0) is 30.0. The summed E-state index contributed by atoms with van der Waals surface area (Å²) in [4.78, 5) is 23.2. The Morgan fingerprint density at radius 1 is 0.400 bits per heavy atom. The van der Waals surface area contributed by atoms with E-state index in [0.717, 1.165) is 0 Å². The first-order valence-corrected chi connectivity index (χ1v) is 11.1. The van der Waals surface area contributed by atoms with E-state index in [1.54, 1.807) is 0 Å². The monoisotopic (exact) mass is 596 g/mol. The largest absolute Gasteiger partial charge is 0.420 e. The molecule has 0 bridgehead atoms. The molecule has 0 heterocycles. The van der Waals surface area contributed by atoms with Crippen LogP contribution in [-0.2, 0) is 23.8 Å². The molecule has 17 heteroatoms. The van der Waals surface area contributed by atoms with Gasteiger partial charge in [-0.2, -0.15) is 17.6 Å². The number of esters is 2. The first-order valence-electron chi connectivity index (χ1n) is 11.1. The lowest BCUT2D eigenvalue weighted by molar-refractivity contribution is -0.136. The Morgan fingerprint density at radius 3 is 1.10 bits per heavy atom. The molecular formula is C23H18F10O7. The summed E-state index contributed by atoms with van der Waals surface area (Å²) in [5.74, 6) is -29.1. The van der Waals surface area contributed by atoms with Gasteiger partial charge in [0.2, 0.25) is 69.7 Å². The minimum absolute atomic E-state index is 0.00963. The third-order valence-corrected chi connectivity index (χ3v) is 4.63. The van der Waals surface area contributed by atoms with E-state index >= 15 is 0 Å². The van der Waals surface area contributed by atoms with Crippen LogP contribution in [0.4, 0.5) is 43.9 Å². The molecule has 0 spiro atoms. The number of rotatable bonds is 15. The Labute approximate surface area is 218 Å². The molecule has 0 aliphatic rings. The molecule has 0 saturated carbocycles. The molecular weight excluding hydrogens is 578 g/mol. The van der Waals surface area contributed by atoms with Crippen LogP contribution >= 0.6 is 0 Å². The first-order chi connectivity index (χ1) is 18.9. The maximum atomic E-state index is 13.5. The highest BCUT2D eigenvalue weighted by atomic mass is 19.2. The Hall–Kier alpha value is -3.44. The number of hydrogen-bond donors (Lipinski definition) is 0. The molecule has 2 aromatic carbocycles. The van der Waals surface area contributed by atoms with E-state index in [1.807, 2.05) is 0 Å². The molecule has 0 amide bonds. The van der Waals surface area contributed by atoms with Gasteiger partial charge in [0.15, 0.2) is 0 Å². The van der Waals surface area contributed by atoms with Gasteiger partial charge in [-0.15, -0.1) is 0 Å². The van der Waals surface area contributed by atoms with E-state index in [-0.39, 0.29) is 46.1 Å². The summed E-state index contributed by atoms with van der Waals surface area (Å²) in [6.07, 6.45) is -1.09. The fourth-order valence-corrected chi connectivity index (χ4v) is 2.69. The van der Waals surface area contributed by atoms with Crippen LogP contribution in [0.15, 0.2) is 0 Å². The van der Waals surface area contributed by atoms with E-state index in [4.69, 9.17) is 14.2 Å². The Kier molecular flexibility index (Phi) is 12.6. The zero-order valence-corrected chi connectivity index (χ0v) is 20.0. The molecule has 7 nitrogen and oxygen atoms in total. The van der Waals surface area contributed by atoms with Crippen LogP contribution in [0.3, 0.4) is 0 Å². The average Bonchev–Trinajstić information content (AvgIpc) is 2.93. The molecule has 0 aliphatic heterocycles. The lowest BCUT2D eigenvalue weighted by Gasteiger charge is -2.09. The standard InChI is InChI=1S/C23H18F10O7/c24-12-14(26)18(30)22(19(31)15(12)27)39-10(34)2-1-4-36-6-8-38-9-7-37-5-3-11(35)40-23-20(32)16(28)13(25)17(29)21(23)33/h1-9H2. The lowest BCUT2D eigenvalue weighted by atomic mass is 10.2. The van der Waals surface area contributed by atoms with Crippen LogP contribution in [0.2, 0.25) is 0 Å². The summed E-state index contributed by atoms with van der Waals surface area (Å²) in [6.45, 7) is -0.433. The topological polar surface area (TPSA) is 80.3 Å². The van der Waals surface area contributed by atoms with Gasteiger partial charge in [-0.3, -0.25) is 9.59 Å². The van der Waals surface area contributed by atoms with Gasteiger partial charge in [0.25, 0.3) is 0 Å². The smallest absolute Gasteiger partial charge is 0.313 e. The zero-order valence-electron chi connectivity index (χ0n) is 20.0. The van der Waals surface area contributed by atoms with Crippen LogP contribution in [0.5, 0.6) is 11.5 Å². The fraction of sp³-hybridized carbons (Fsp3) is 0.391. The fourth-order valence-electron chi connectivity index (χ4n) is 2.69. The molecule has 222 valence electrons. The highest BCUT2D eigenvalue weighted by molar-refractivity contribution is 5.73. The van der Waals surface area contributed by atoms with E-state index in [9.17, 15) is 53.5 Å². The van der Waals surface area contributed by atoms with Gasteiger partial charge in [0, 0.05) is 13.0 Å². The number of carbonyl (C=O) groups is 2. The summed E-state index contributed by atoms with van der Waals surface area (Å²) in [7, 11) is 0. The third kappa shape index (κ3) is 8.53. The van der Waals surface area contributed by atoms with E-state index in [1.165, 1.54) is 0 Å². The Balaban J connectivity index is 1.53. The molecule has 0 N–H and O–H groups in total. The summed E-state index contributed by atoms with van der Waals surface area (Å²) < 4.78 is 156. The molecule has 0 atom stereocenters. The van der Waals surface area contributed by atoms with E-state index in [0.29, 0.717) is 0 Å². The average molecular weight is 596 g/mol. The van der Waals surface area contributed by atoms with Crippen LogP contribution < -0.4 is 9.47 Å². The van der Waals surface area contributed by atoms with Gasteiger partial charge in [0.05, 0.1) is 39.5 Å². The Bertz CT molecular complexity index is 1070. The minimum atomic E-state index is -2.40. The first kappa shape index (κ1) is 32.8. The van der Waals surface area contributed by atoms with Gasteiger partial charge in [-0.1, -0.05) is 0 Å². The van der Waals surface area contributed by atoms with Gasteiger partial charge < -0.3 is 23.7 Å². The summed E-state index contributed by atoms with van der Waals surface area (Å²) in [5, 5.41) is 0. The van der Waals surface area contributed by atoms with Gasteiger partial charge in [-0.25, -0.2) is 26.3 Å². The molecule has 0 saturated heterocycles. The van der Waals surface area contributed by atoms with Crippen molar-refractivity contribution in [3.05, 3.63) is 58.2 Å². The summed E-state index contributed by atoms with van der Waals surface area (Å²) in [6, 6.07) is 0. The van der Waals surface area contributed by atoms with Crippen molar-refractivity contribution < 1.29 is 77.2 Å². The highest BCUT2D eigenvalue weighted by Gasteiger charge is 2.29. The lowest BCUT2D eigenvalue weighted by Crippen LogP contribution is -2.16. The van der Waals surface area contributed by atoms with Crippen molar-refractivity contribution >= 4 is 11.9 Å². The molecule has 40 heavy (non-hydrogen) atoms. The van der Waals surface area contributed by atoms with E-state index < -0.39 is 94.5 Å². The highest BCUT2D eigenvalue weighted by Crippen LogP contribution is 2.30. The molecule has 0 aliphatic carbocycles. The predicted octanol–water partition coefficient (Wildman–Crippen LogP) is 4.81. The second-order valence-electron chi connectivity index (χ2n) is 7.44. The number of carbonyl (C=O) groups excluding carboxylic acids is 2. The third-order valence-electron chi connectivity index (χ3n) is 4.63. The van der Waals surface area contributed by atoms with Crippen molar-refractivity contribution in [3.8, 4) is 11.5 Å². The molecule has 0 fully saturated rings. The van der Waals surface area contributed by atoms with Crippen LogP contribution in [0.1, 0.15) is 19.3 Å². The SMILES string of the molecule is O=C(CCCOCCOCCOCCC(=O)Oc1c(F)c(F)c(F)c(F)c1F)Oc1c(F)c(F)c(F)c(F)c1F. The number of hydrogen-bond acceptors (Lipinski definition) is 7. The minimum Gasteiger partial charge on any atom is -0.420 e. The molecule has 0 aromatic heterocycles. The van der Waals surface area contributed by atoms with Crippen molar-refractivity contribution in [2.24, 2.45) is 0 Å². The van der Waals surface area contributed by atoms with Crippen molar-refractivity contribution in [1.29, 1.82) is 0 Å². The maximum absolute atomic E-state index is 13.5. The molecule has 2 rings (SSSR count). The van der Waals surface area contributed by atoms with Gasteiger partial charge in [0.1, 0.15) is 0 Å². The molecule has 2 aromatic rings. The second kappa shape index (κ2) is 15.4. The summed E-state index contributed by atoms with van der Waals surface area (Å²) >= 11 is 0. The van der Waals surface area contributed by atoms with Crippen LogP contribution in [-0.4, -0.2) is 51.6 Å².